The number of aliphatic hydroxyl groups excluding tert-OH is 1. The molecule has 3 atom stereocenters. The first-order chi connectivity index (χ1) is 8.10. The third-order valence-corrected chi connectivity index (χ3v) is 2.50. The van der Waals surface area contributed by atoms with Crippen molar-refractivity contribution in [1.82, 2.24) is 0 Å². The normalized spacial score (nSPS) is 16.3. The molecule has 0 spiro atoms. The number of ether oxygens (including phenoxy) is 3. The van der Waals surface area contributed by atoms with Gasteiger partial charge in [-0.25, -0.2) is 4.79 Å². The van der Waals surface area contributed by atoms with E-state index in [4.69, 9.17) is 14.2 Å². The zero-order chi connectivity index (χ0) is 13.3. The average Bonchev–Trinajstić information content (AvgIpc) is 2.34. The Morgan fingerprint density at radius 3 is 2.12 bits per heavy atom. The number of esters is 1. The first kappa shape index (κ1) is 16.4. The minimum atomic E-state index is -1.26. The lowest BCUT2D eigenvalue weighted by Gasteiger charge is -2.22. The lowest BCUT2D eigenvalue weighted by atomic mass is 10.1. The van der Waals surface area contributed by atoms with Crippen molar-refractivity contribution in [2.75, 3.05) is 14.2 Å². The van der Waals surface area contributed by atoms with Crippen LogP contribution >= 0.6 is 0 Å². The van der Waals surface area contributed by atoms with Gasteiger partial charge in [-0.15, -0.1) is 0 Å². The zero-order valence-electron chi connectivity index (χ0n) is 11.1. The fourth-order valence-electron chi connectivity index (χ4n) is 1.50. The third kappa shape index (κ3) is 6.00. The second-order valence-electron chi connectivity index (χ2n) is 3.90. The highest BCUT2D eigenvalue weighted by atomic mass is 16.7. The van der Waals surface area contributed by atoms with Gasteiger partial charge in [-0.05, 0) is 6.42 Å². The summed E-state index contributed by atoms with van der Waals surface area (Å²) in [4.78, 5) is 11.6. The highest BCUT2D eigenvalue weighted by molar-refractivity contribution is 5.75. The van der Waals surface area contributed by atoms with Gasteiger partial charge in [0.1, 0.15) is 0 Å². The Bertz CT molecular complexity index is 207. The Morgan fingerprint density at radius 2 is 1.71 bits per heavy atom. The van der Waals surface area contributed by atoms with Gasteiger partial charge in [0.15, 0.2) is 6.10 Å². The summed E-state index contributed by atoms with van der Waals surface area (Å²) in [6.07, 6.45) is 0.511. The first-order valence-electron chi connectivity index (χ1n) is 6.04. The van der Waals surface area contributed by atoms with E-state index in [2.05, 4.69) is 0 Å². The molecule has 0 heterocycles. The van der Waals surface area contributed by atoms with Gasteiger partial charge in [0.25, 0.3) is 0 Å². The molecule has 0 saturated carbocycles. The predicted octanol–water partition coefficient (Wildman–Crippen LogP) is 1.48. The number of aliphatic hydroxyl groups is 1. The summed E-state index contributed by atoms with van der Waals surface area (Å²) in [6.45, 7) is 3.92. The van der Waals surface area contributed by atoms with Gasteiger partial charge >= 0.3 is 5.97 Å². The van der Waals surface area contributed by atoms with Crippen LogP contribution in [-0.4, -0.2) is 43.8 Å². The van der Waals surface area contributed by atoms with Crippen molar-refractivity contribution in [3.63, 3.8) is 0 Å². The number of rotatable bonds is 9. The largest absolute Gasteiger partial charge is 0.434 e. The van der Waals surface area contributed by atoms with Crippen molar-refractivity contribution < 1.29 is 24.1 Å². The summed E-state index contributed by atoms with van der Waals surface area (Å²) in [5.74, 6) is -0.689. The van der Waals surface area contributed by atoms with Gasteiger partial charge < -0.3 is 19.3 Å². The molecule has 0 aromatic heterocycles. The number of methoxy groups -OCH3 is 2. The predicted molar refractivity (Wildman–Crippen MR) is 63.5 cm³/mol. The van der Waals surface area contributed by atoms with Gasteiger partial charge in [0.05, 0.1) is 6.10 Å². The standard InChI is InChI=1S/C12H24O5/c1-5-7-9(15-3)11(13)12(14)17-10(16-4)8-6-2/h9-11,13H,5-8H2,1-4H3. The Balaban J connectivity index is 4.26. The summed E-state index contributed by atoms with van der Waals surface area (Å²) >= 11 is 0. The fraction of sp³-hybridized carbons (Fsp3) is 0.917. The van der Waals surface area contributed by atoms with E-state index in [0.29, 0.717) is 12.8 Å². The minimum Gasteiger partial charge on any atom is -0.434 e. The minimum absolute atomic E-state index is 0.522. The third-order valence-electron chi connectivity index (χ3n) is 2.50. The molecule has 0 aromatic carbocycles. The molecule has 0 aromatic rings. The zero-order valence-corrected chi connectivity index (χ0v) is 11.1. The summed E-state index contributed by atoms with van der Waals surface area (Å²) in [5, 5.41) is 9.77. The second-order valence-corrected chi connectivity index (χ2v) is 3.90. The van der Waals surface area contributed by atoms with Gasteiger partial charge in [0, 0.05) is 20.6 Å². The van der Waals surface area contributed by atoms with E-state index in [-0.39, 0.29) is 0 Å². The molecular formula is C12H24O5. The molecule has 0 rings (SSSR count). The van der Waals surface area contributed by atoms with Crippen LogP contribution < -0.4 is 0 Å². The molecule has 5 heteroatoms. The van der Waals surface area contributed by atoms with E-state index >= 15 is 0 Å². The molecule has 102 valence electrons. The van der Waals surface area contributed by atoms with Gasteiger partial charge in [-0.3, -0.25) is 0 Å². The maximum Gasteiger partial charge on any atom is 0.340 e. The number of hydrogen-bond acceptors (Lipinski definition) is 5. The van der Waals surface area contributed by atoms with Gasteiger partial charge in [0.2, 0.25) is 6.29 Å². The molecule has 5 nitrogen and oxygen atoms in total. The molecule has 0 radical (unpaired) electrons. The summed E-state index contributed by atoms with van der Waals surface area (Å²) in [5.41, 5.74) is 0. The van der Waals surface area contributed by atoms with Gasteiger partial charge in [-0.2, -0.15) is 0 Å². The molecule has 0 aliphatic rings. The monoisotopic (exact) mass is 248 g/mol. The summed E-state index contributed by atoms with van der Waals surface area (Å²) < 4.78 is 15.1. The Kier molecular flexibility index (Phi) is 9.03. The second kappa shape index (κ2) is 9.39. The van der Waals surface area contributed by atoms with Crippen molar-refractivity contribution in [3.8, 4) is 0 Å². The van der Waals surface area contributed by atoms with Crippen LogP contribution in [0.15, 0.2) is 0 Å². The molecule has 0 fully saturated rings. The molecule has 0 aliphatic carbocycles. The van der Waals surface area contributed by atoms with Crippen LogP contribution in [0.25, 0.3) is 0 Å². The first-order valence-corrected chi connectivity index (χ1v) is 6.04. The summed E-state index contributed by atoms with van der Waals surface area (Å²) in [7, 11) is 2.94. The van der Waals surface area contributed by atoms with Crippen LogP contribution in [0.4, 0.5) is 0 Å². The number of hydrogen-bond donors (Lipinski definition) is 1. The lowest BCUT2D eigenvalue weighted by Crippen LogP contribution is -2.38. The van der Waals surface area contributed by atoms with E-state index < -0.39 is 24.5 Å². The van der Waals surface area contributed by atoms with Crippen molar-refractivity contribution in [3.05, 3.63) is 0 Å². The molecular weight excluding hydrogens is 224 g/mol. The van der Waals surface area contributed by atoms with Crippen LogP contribution in [0.2, 0.25) is 0 Å². The quantitative estimate of drug-likeness (QED) is 0.494. The maximum atomic E-state index is 11.6. The molecule has 0 saturated heterocycles. The maximum absolute atomic E-state index is 11.6. The van der Waals surface area contributed by atoms with Crippen LogP contribution in [0.5, 0.6) is 0 Å². The van der Waals surface area contributed by atoms with E-state index in [1.165, 1.54) is 14.2 Å². The smallest absolute Gasteiger partial charge is 0.340 e. The van der Waals surface area contributed by atoms with E-state index in [1.807, 2.05) is 13.8 Å². The SMILES string of the molecule is CCCC(OC)OC(=O)C(O)C(CCC)OC. The van der Waals surface area contributed by atoms with E-state index in [9.17, 15) is 9.90 Å². The van der Waals surface area contributed by atoms with Gasteiger partial charge in [-0.1, -0.05) is 26.7 Å². The molecule has 17 heavy (non-hydrogen) atoms. The van der Waals surface area contributed by atoms with Crippen LogP contribution in [0, 0.1) is 0 Å². The molecule has 3 unspecified atom stereocenters. The van der Waals surface area contributed by atoms with E-state index in [0.717, 1.165) is 12.8 Å². The fourth-order valence-corrected chi connectivity index (χ4v) is 1.50. The van der Waals surface area contributed by atoms with Crippen molar-refractivity contribution in [2.24, 2.45) is 0 Å². The molecule has 0 aliphatic heterocycles. The highest BCUT2D eigenvalue weighted by Crippen LogP contribution is 2.11. The van der Waals surface area contributed by atoms with Crippen molar-refractivity contribution >= 4 is 5.97 Å². The topological polar surface area (TPSA) is 65.0 Å². The summed E-state index contributed by atoms with van der Waals surface area (Å²) in [6, 6.07) is 0. The Morgan fingerprint density at radius 1 is 1.12 bits per heavy atom. The molecule has 0 bridgehead atoms. The highest BCUT2D eigenvalue weighted by Gasteiger charge is 2.28. The molecule has 1 N–H and O–H groups in total. The van der Waals surface area contributed by atoms with Crippen LogP contribution in [-0.2, 0) is 19.0 Å². The Hall–Kier alpha value is -0.650. The lowest BCUT2D eigenvalue weighted by molar-refractivity contribution is -0.190. The van der Waals surface area contributed by atoms with E-state index in [1.54, 1.807) is 0 Å². The molecule has 0 amide bonds. The van der Waals surface area contributed by atoms with Crippen LogP contribution in [0.3, 0.4) is 0 Å². The number of carbonyl (C=O) groups excluding carboxylic acids is 1. The van der Waals surface area contributed by atoms with Crippen molar-refractivity contribution in [2.45, 2.75) is 58.0 Å². The Labute approximate surface area is 103 Å². The average molecular weight is 248 g/mol. The van der Waals surface area contributed by atoms with Crippen LogP contribution in [0.1, 0.15) is 39.5 Å². The van der Waals surface area contributed by atoms with Crippen molar-refractivity contribution in [1.29, 1.82) is 0 Å². The number of carbonyl (C=O) groups is 1.